The van der Waals surface area contributed by atoms with Gasteiger partial charge in [-0.15, -0.1) is 0 Å². The molecule has 34 heavy (non-hydrogen) atoms. The molecule has 1 N–H and O–H groups in total. The summed E-state index contributed by atoms with van der Waals surface area (Å²) in [5, 5.41) is 2.76. The highest BCUT2D eigenvalue weighted by molar-refractivity contribution is 7.92. The van der Waals surface area contributed by atoms with Crippen LogP contribution in [-0.4, -0.2) is 47.2 Å². The number of fused-ring (bicyclic) bond motifs is 1. The molecule has 0 bridgehead atoms. The molecule has 0 aliphatic carbocycles. The van der Waals surface area contributed by atoms with Gasteiger partial charge < -0.3 is 19.5 Å². The lowest BCUT2D eigenvalue weighted by Crippen LogP contribution is -2.45. The van der Waals surface area contributed by atoms with Gasteiger partial charge in [0.15, 0.2) is 11.5 Å². The van der Waals surface area contributed by atoms with Crippen molar-refractivity contribution in [3.05, 3.63) is 78.4 Å². The van der Waals surface area contributed by atoms with E-state index in [-0.39, 0.29) is 24.2 Å². The topological polar surface area (TPSA) is 94.2 Å². The summed E-state index contributed by atoms with van der Waals surface area (Å²) in [6.45, 7) is 1.93. The van der Waals surface area contributed by atoms with Gasteiger partial charge in [0.2, 0.25) is 5.91 Å². The average molecular weight is 483 g/mol. The number of benzene rings is 3. The first kappa shape index (κ1) is 23.4. The van der Waals surface area contributed by atoms with Crippen LogP contribution in [0.1, 0.15) is 5.56 Å². The van der Waals surface area contributed by atoms with Crippen LogP contribution in [0.15, 0.2) is 77.7 Å². The number of amides is 1. The van der Waals surface area contributed by atoms with Gasteiger partial charge in [0.1, 0.15) is 25.0 Å². The summed E-state index contributed by atoms with van der Waals surface area (Å²) in [6, 6.07) is 20.3. The SMILES string of the molecule is COc1ccc(N(CC(=O)NC[C@@H]2COc3ccccc3O2)S(=O)(=O)c2ccc(C)cc2)cc1. The first-order valence-electron chi connectivity index (χ1n) is 10.8. The van der Waals surface area contributed by atoms with Gasteiger partial charge in [-0.25, -0.2) is 8.42 Å². The highest BCUT2D eigenvalue weighted by atomic mass is 32.2. The molecular weight excluding hydrogens is 456 g/mol. The number of hydrogen-bond acceptors (Lipinski definition) is 6. The third-order valence-corrected chi connectivity index (χ3v) is 7.14. The van der Waals surface area contributed by atoms with Crippen molar-refractivity contribution in [3.8, 4) is 17.2 Å². The number of carbonyl (C=O) groups is 1. The summed E-state index contributed by atoms with van der Waals surface area (Å²) < 4.78 is 44.7. The molecule has 1 aliphatic rings. The molecule has 0 saturated heterocycles. The smallest absolute Gasteiger partial charge is 0.264 e. The zero-order valence-electron chi connectivity index (χ0n) is 18.9. The van der Waals surface area contributed by atoms with Crippen LogP contribution in [-0.2, 0) is 14.8 Å². The van der Waals surface area contributed by atoms with Crippen molar-refractivity contribution in [3.63, 3.8) is 0 Å². The monoisotopic (exact) mass is 482 g/mol. The van der Waals surface area contributed by atoms with Crippen LogP contribution < -0.4 is 23.8 Å². The van der Waals surface area contributed by atoms with Crippen LogP contribution >= 0.6 is 0 Å². The van der Waals surface area contributed by atoms with Crippen molar-refractivity contribution in [2.24, 2.45) is 0 Å². The third kappa shape index (κ3) is 5.26. The lowest BCUT2D eigenvalue weighted by molar-refractivity contribution is -0.120. The van der Waals surface area contributed by atoms with Gasteiger partial charge in [0.25, 0.3) is 10.0 Å². The summed E-state index contributed by atoms with van der Waals surface area (Å²) in [5.74, 6) is 1.37. The van der Waals surface area contributed by atoms with Crippen LogP contribution in [0.4, 0.5) is 5.69 Å². The molecule has 0 spiro atoms. The Bertz CT molecular complexity index is 1240. The van der Waals surface area contributed by atoms with Crippen LogP contribution in [0, 0.1) is 6.92 Å². The van der Waals surface area contributed by atoms with Gasteiger partial charge in [-0.3, -0.25) is 9.10 Å². The molecule has 8 nitrogen and oxygen atoms in total. The van der Waals surface area contributed by atoms with E-state index in [1.165, 1.54) is 19.2 Å². The maximum atomic E-state index is 13.4. The Morgan fingerprint density at radius 2 is 1.71 bits per heavy atom. The van der Waals surface area contributed by atoms with Gasteiger partial charge in [-0.1, -0.05) is 29.8 Å². The quantitative estimate of drug-likeness (QED) is 0.530. The molecule has 178 valence electrons. The lowest BCUT2D eigenvalue weighted by atomic mass is 10.2. The molecule has 4 rings (SSSR count). The predicted octanol–water partition coefficient (Wildman–Crippen LogP) is 3.16. The number of anilines is 1. The van der Waals surface area contributed by atoms with Gasteiger partial charge >= 0.3 is 0 Å². The number of rotatable bonds is 8. The number of sulfonamides is 1. The Labute approximate surface area is 199 Å². The molecule has 3 aromatic rings. The predicted molar refractivity (Wildman–Crippen MR) is 128 cm³/mol. The number of nitrogens with zero attached hydrogens (tertiary/aromatic N) is 1. The Morgan fingerprint density at radius 3 is 2.38 bits per heavy atom. The van der Waals surface area contributed by atoms with Gasteiger partial charge in [-0.2, -0.15) is 0 Å². The number of nitrogens with one attached hydrogen (secondary N) is 1. The lowest BCUT2D eigenvalue weighted by Gasteiger charge is -2.27. The molecule has 0 unspecified atom stereocenters. The molecule has 1 aliphatic heterocycles. The standard InChI is InChI=1S/C25H26N2O6S/c1-18-7-13-22(14-8-18)34(29,30)27(19-9-11-20(31-2)12-10-19)16-25(28)26-15-21-17-32-23-5-3-4-6-24(23)33-21/h3-14,21H,15-17H2,1-2H3,(H,26,28)/t21-/m1/s1. The van der Waals surface area contributed by atoms with Crippen LogP contribution in [0.3, 0.4) is 0 Å². The fourth-order valence-electron chi connectivity index (χ4n) is 3.48. The minimum atomic E-state index is -3.99. The molecule has 0 fully saturated rings. The number of aryl methyl sites for hydroxylation is 1. The largest absolute Gasteiger partial charge is 0.497 e. The van der Waals surface area contributed by atoms with Crippen molar-refractivity contribution in [1.29, 1.82) is 0 Å². The number of hydrogen-bond donors (Lipinski definition) is 1. The number of para-hydroxylation sites is 2. The maximum Gasteiger partial charge on any atom is 0.264 e. The van der Waals surface area contributed by atoms with E-state index in [0.717, 1.165) is 9.87 Å². The van der Waals surface area contributed by atoms with Crippen molar-refractivity contribution in [1.82, 2.24) is 5.32 Å². The van der Waals surface area contributed by atoms with E-state index in [1.54, 1.807) is 42.5 Å². The second-order valence-corrected chi connectivity index (χ2v) is 9.69. The van der Waals surface area contributed by atoms with Crippen molar-refractivity contribution in [2.45, 2.75) is 17.9 Å². The second-order valence-electron chi connectivity index (χ2n) is 7.82. The second kappa shape index (κ2) is 10.0. The summed E-state index contributed by atoms with van der Waals surface area (Å²) >= 11 is 0. The van der Waals surface area contributed by atoms with E-state index in [4.69, 9.17) is 14.2 Å². The minimum Gasteiger partial charge on any atom is -0.497 e. The fraction of sp³-hybridized carbons (Fsp3) is 0.240. The Hall–Kier alpha value is -3.72. The van der Waals surface area contributed by atoms with Crippen molar-refractivity contribution in [2.75, 3.05) is 31.1 Å². The Balaban J connectivity index is 1.49. The molecule has 3 aromatic carbocycles. The van der Waals surface area contributed by atoms with Crippen LogP contribution in [0.2, 0.25) is 0 Å². The van der Waals surface area contributed by atoms with E-state index >= 15 is 0 Å². The van der Waals surface area contributed by atoms with E-state index in [1.807, 2.05) is 25.1 Å². The Kier molecular flexibility index (Phi) is 6.93. The van der Waals surface area contributed by atoms with Gasteiger partial charge in [0.05, 0.1) is 24.2 Å². The zero-order valence-corrected chi connectivity index (χ0v) is 19.7. The minimum absolute atomic E-state index is 0.0994. The molecule has 0 aromatic heterocycles. The highest BCUT2D eigenvalue weighted by Crippen LogP contribution is 2.30. The van der Waals surface area contributed by atoms with E-state index in [0.29, 0.717) is 22.9 Å². The number of carbonyl (C=O) groups excluding carboxylic acids is 1. The molecule has 1 heterocycles. The van der Waals surface area contributed by atoms with E-state index < -0.39 is 22.5 Å². The van der Waals surface area contributed by atoms with Crippen molar-refractivity contribution >= 4 is 21.6 Å². The molecule has 0 radical (unpaired) electrons. The molecule has 1 atom stereocenters. The van der Waals surface area contributed by atoms with Crippen LogP contribution in [0.5, 0.6) is 17.2 Å². The number of methoxy groups -OCH3 is 1. The summed E-state index contributed by atoms with van der Waals surface area (Å²) in [6.07, 6.45) is -0.387. The third-order valence-electron chi connectivity index (χ3n) is 5.35. The molecule has 9 heteroatoms. The highest BCUT2D eigenvalue weighted by Gasteiger charge is 2.28. The number of ether oxygens (including phenoxy) is 3. The van der Waals surface area contributed by atoms with E-state index in [9.17, 15) is 13.2 Å². The van der Waals surface area contributed by atoms with E-state index in [2.05, 4.69) is 5.32 Å². The average Bonchev–Trinajstić information content (AvgIpc) is 2.86. The maximum absolute atomic E-state index is 13.4. The molecule has 1 amide bonds. The summed E-state index contributed by atoms with van der Waals surface area (Å²) in [4.78, 5) is 12.9. The first-order valence-corrected chi connectivity index (χ1v) is 12.2. The normalized spacial score (nSPS) is 14.8. The van der Waals surface area contributed by atoms with Gasteiger partial charge in [-0.05, 0) is 55.5 Å². The molecular formula is C25H26N2O6S. The summed E-state index contributed by atoms with van der Waals surface area (Å²) in [5.41, 5.74) is 1.28. The zero-order chi connectivity index (χ0) is 24.1. The Morgan fingerprint density at radius 1 is 1.03 bits per heavy atom. The first-order chi connectivity index (χ1) is 16.4. The van der Waals surface area contributed by atoms with Gasteiger partial charge in [0, 0.05) is 0 Å². The molecule has 0 saturated carbocycles. The summed E-state index contributed by atoms with van der Waals surface area (Å²) in [7, 11) is -2.47. The fourth-order valence-corrected chi connectivity index (χ4v) is 4.90. The van der Waals surface area contributed by atoms with Crippen LogP contribution in [0.25, 0.3) is 0 Å². The van der Waals surface area contributed by atoms with Crippen molar-refractivity contribution < 1.29 is 27.4 Å².